The van der Waals surface area contributed by atoms with E-state index in [0.29, 0.717) is 16.7 Å². The van der Waals surface area contributed by atoms with Gasteiger partial charge in [0.1, 0.15) is 17.4 Å². The van der Waals surface area contributed by atoms with Gasteiger partial charge in [0, 0.05) is 0 Å². The van der Waals surface area contributed by atoms with Crippen LogP contribution in [0.25, 0.3) is 11.1 Å². The second-order valence-corrected chi connectivity index (χ2v) is 4.05. The SMILES string of the molecule is Cc1cc(O)ccc1-c1c(F)ccc(C)c1F. The van der Waals surface area contributed by atoms with Gasteiger partial charge < -0.3 is 5.11 Å². The van der Waals surface area contributed by atoms with Crippen LogP contribution in [0.5, 0.6) is 5.75 Å². The van der Waals surface area contributed by atoms with Gasteiger partial charge >= 0.3 is 0 Å². The number of halogens is 2. The molecule has 17 heavy (non-hydrogen) atoms. The molecule has 0 aliphatic carbocycles. The van der Waals surface area contributed by atoms with Crippen molar-refractivity contribution in [3.8, 4) is 16.9 Å². The molecule has 88 valence electrons. The van der Waals surface area contributed by atoms with Crippen molar-refractivity contribution >= 4 is 0 Å². The van der Waals surface area contributed by atoms with E-state index in [9.17, 15) is 13.9 Å². The summed E-state index contributed by atoms with van der Waals surface area (Å²) in [4.78, 5) is 0. The van der Waals surface area contributed by atoms with Gasteiger partial charge in [-0.2, -0.15) is 0 Å². The highest BCUT2D eigenvalue weighted by molar-refractivity contribution is 5.70. The Kier molecular flexibility index (Phi) is 2.84. The van der Waals surface area contributed by atoms with Crippen molar-refractivity contribution in [3.63, 3.8) is 0 Å². The van der Waals surface area contributed by atoms with Crippen molar-refractivity contribution in [1.29, 1.82) is 0 Å². The highest BCUT2D eigenvalue weighted by atomic mass is 19.1. The van der Waals surface area contributed by atoms with Gasteiger partial charge in [0.15, 0.2) is 0 Å². The van der Waals surface area contributed by atoms with Gasteiger partial charge in [-0.15, -0.1) is 0 Å². The zero-order valence-corrected chi connectivity index (χ0v) is 9.59. The first kappa shape index (κ1) is 11.6. The number of phenols is 1. The van der Waals surface area contributed by atoms with Crippen LogP contribution in [0, 0.1) is 25.5 Å². The molecule has 1 N–H and O–H groups in total. The van der Waals surface area contributed by atoms with Crippen LogP contribution in [-0.4, -0.2) is 5.11 Å². The summed E-state index contributed by atoms with van der Waals surface area (Å²) in [5, 5.41) is 9.29. The van der Waals surface area contributed by atoms with Gasteiger partial charge in [-0.1, -0.05) is 12.1 Å². The number of hydrogen-bond donors (Lipinski definition) is 1. The predicted octanol–water partition coefficient (Wildman–Crippen LogP) is 3.95. The Hall–Kier alpha value is -1.90. The molecule has 0 atom stereocenters. The maximum atomic E-state index is 13.9. The maximum Gasteiger partial charge on any atom is 0.136 e. The van der Waals surface area contributed by atoms with E-state index in [2.05, 4.69) is 0 Å². The summed E-state index contributed by atoms with van der Waals surface area (Å²) in [5.41, 5.74) is 1.45. The standard InChI is InChI=1S/C14H12F2O/c1-8-3-6-12(15)13(14(8)16)11-5-4-10(17)7-9(11)2/h3-7,17H,1-2H3. The van der Waals surface area contributed by atoms with E-state index in [1.807, 2.05) is 0 Å². The zero-order valence-electron chi connectivity index (χ0n) is 9.59. The van der Waals surface area contributed by atoms with E-state index < -0.39 is 11.6 Å². The lowest BCUT2D eigenvalue weighted by Gasteiger charge is -2.10. The van der Waals surface area contributed by atoms with Crippen molar-refractivity contribution in [3.05, 3.63) is 53.1 Å². The highest BCUT2D eigenvalue weighted by Gasteiger charge is 2.15. The van der Waals surface area contributed by atoms with E-state index in [1.54, 1.807) is 13.8 Å². The summed E-state index contributed by atoms with van der Waals surface area (Å²) >= 11 is 0. The molecule has 0 heterocycles. The molecule has 0 amide bonds. The largest absolute Gasteiger partial charge is 0.508 e. The first-order valence-corrected chi connectivity index (χ1v) is 5.25. The Morgan fingerprint density at radius 1 is 0.941 bits per heavy atom. The monoisotopic (exact) mass is 234 g/mol. The average Bonchev–Trinajstić information content (AvgIpc) is 2.27. The van der Waals surface area contributed by atoms with Gasteiger partial charge in [-0.3, -0.25) is 0 Å². The third-order valence-electron chi connectivity index (χ3n) is 2.76. The fourth-order valence-electron chi connectivity index (χ4n) is 1.83. The topological polar surface area (TPSA) is 20.2 Å². The third-order valence-corrected chi connectivity index (χ3v) is 2.76. The van der Waals surface area contributed by atoms with Gasteiger partial charge in [-0.25, -0.2) is 8.78 Å². The van der Waals surface area contributed by atoms with E-state index in [4.69, 9.17) is 0 Å². The number of aryl methyl sites for hydroxylation is 2. The molecule has 0 aromatic heterocycles. The summed E-state index contributed by atoms with van der Waals surface area (Å²) < 4.78 is 27.6. The van der Waals surface area contributed by atoms with Gasteiger partial charge in [0.05, 0.1) is 5.56 Å². The molecule has 2 aromatic carbocycles. The van der Waals surface area contributed by atoms with Crippen LogP contribution in [0.3, 0.4) is 0 Å². The molecule has 0 unspecified atom stereocenters. The second-order valence-electron chi connectivity index (χ2n) is 4.05. The predicted molar refractivity (Wildman–Crippen MR) is 62.9 cm³/mol. The van der Waals surface area contributed by atoms with Gasteiger partial charge in [-0.05, 0) is 48.7 Å². The molecule has 1 nitrogen and oxygen atoms in total. The quantitative estimate of drug-likeness (QED) is 0.792. The molecule has 0 spiro atoms. The van der Waals surface area contributed by atoms with Gasteiger partial charge in [0.2, 0.25) is 0 Å². The molecule has 0 aliphatic heterocycles. The fraction of sp³-hybridized carbons (Fsp3) is 0.143. The van der Waals surface area contributed by atoms with Crippen LogP contribution < -0.4 is 0 Å². The molecular weight excluding hydrogens is 222 g/mol. The number of benzene rings is 2. The Morgan fingerprint density at radius 3 is 2.29 bits per heavy atom. The first-order valence-electron chi connectivity index (χ1n) is 5.25. The van der Waals surface area contributed by atoms with E-state index >= 15 is 0 Å². The van der Waals surface area contributed by atoms with Crippen LogP contribution in [0.4, 0.5) is 8.78 Å². The number of hydrogen-bond acceptors (Lipinski definition) is 1. The van der Waals surface area contributed by atoms with Crippen LogP contribution >= 0.6 is 0 Å². The number of phenolic OH excluding ortho intramolecular Hbond substituents is 1. The molecule has 0 aliphatic rings. The normalized spacial score (nSPS) is 10.6. The number of rotatable bonds is 1. The Balaban J connectivity index is 2.72. The molecule has 3 heteroatoms. The summed E-state index contributed by atoms with van der Waals surface area (Å²) in [6.45, 7) is 3.30. The Labute approximate surface area is 98.3 Å². The van der Waals surface area contributed by atoms with E-state index in [-0.39, 0.29) is 11.3 Å². The lowest BCUT2D eigenvalue weighted by molar-refractivity contribution is 0.475. The van der Waals surface area contributed by atoms with Crippen LogP contribution in [0.1, 0.15) is 11.1 Å². The lowest BCUT2D eigenvalue weighted by atomic mass is 9.97. The smallest absolute Gasteiger partial charge is 0.136 e. The lowest BCUT2D eigenvalue weighted by Crippen LogP contribution is -1.95. The van der Waals surface area contributed by atoms with Crippen molar-refractivity contribution in [2.75, 3.05) is 0 Å². The minimum Gasteiger partial charge on any atom is -0.508 e. The van der Waals surface area contributed by atoms with Crippen LogP contribution in [-0.2, 0) is 0 Å². The molecule has 0 bridgehead atoms. The zero-order chi connectivity index (χ0) is 12.6. The summed E-state index contributed by atoms with van der Waals surface area (Å²) in [6, 6.07) is 7.08. The van der Waals surface area contributed by atoms with Crippen molar-refractivity contribution in [2.45, 2.75) is 13.8 Å². The minimum absolute atomic E-state index is 0.0394. The number of aromatic hydroxyl groups is 1. The minimum atomic E-state index is -0.595. The molecular formula is C14H12F2O. The molecule has 0 saturated carbocycles. The average molecular weight is 234 g/mol. The summed E-state index contributed by atoms with van der Waals surface area (Å²) in [7, 11) is 0. The highest BCUT2D eigenvalue weighted by Crippen LogP contribution is 2.31. The van der Waals surface area contributed by atoms with Crippen molar-refractivity contribution in [1.82, 2.24) is 0 Å². The van der Waals surface area contributed by atoms with Gasteiger partial charge in [0.25, 0.3) is 0 Å². The molecule has 0 saturated heterocycles. The van der Waals surface area contributed by atoms with Crippen LogP contribution in [0.2, 0.25) is 0 Å². The molecule has 2 aromatic rings. The maximum absolute atomic E-state index is 13.9. The van der Waals surface area contributed by atoms with Crippen molar-refractivity contribution < 1.29 is 13.9 Å². The fourth-order valence-corrected chi connectivity index (χ4v) is 1.83. The Morgan fingerprint density at radius 2 is 1.65 bits per heavy atom. The van der Waals surface area contributed by atoms with Crippen molar-refractivity contribution in [2.24, 2.45) is 0 Å². The Bertz CT molecular complexity index is 577. The summed E-state index contributed by atoms with van der Waals surface area (Å²) in [6.07, 6.45) is 0. The van der Waals surface area contributed by atoms with E-state index in [0.717, 1.165) is 0 Å². The summed E-state index contributed by atoms with van der Waals surface area (Å²) in [5.74, 6) is -1.07. The second kappa shape index (κ2) is 4.17. The molecule has 0 radical (unpaired) electrons. The third kappa shape index (κ3) is 2.00. The first-order chi connectivity index (χ1) is 8.00. The molecule has 0 fully saturated rings. The van der Waals surface area contributed by atoms with E-state index in [1.165, 1.54) is 30.3 Å². The molecule has 2 rings (SSSR count). The van der Waals surface area contributed by atoms with Crippen LogP contribution in [0.15, 0.2) is 30.3 Å².